The molecule has 1 aromatic carbocycles. The average molecular weight is 297 g/mol. The van der Waals surface area contributed by atoms with Crippen molar-refractivity contribution in [2.45, 2.75) is 17.9 Å². The Bertz CT molecular complexity index is 456. The number of thioether (sulfide) groups is 1. The summed E-state index contributed by atoms with van der Waals surface area (Å²) in [6, 6.07) is 8.16. The number of fused-ring (bicyclic) bond motifs is 1. The van der Waals surface area contributed by atoms with Gasteiger partial charge in [0, 0.05) is 10.7 Å². The van der Waals surface area contributed by atoms with Gasteiger partial charge < -0.3 is 0 Å². The number of halogens is 1. The lowest BCUT2D eigenvalue weighted by Gasteiger charge is -2.03. The lowest BCUT2D eigenvalue weighted by molar-refractivity contribution is 0.911. The van der Waals surface area contributed by atoms with E-state index in [1.54, 1.807) is 6.33 Å². The summed E-state index contributed by atoms with van der Waals surface area (Å²) in [5, 5.41) is 3.34. The van der Waals surface area contributed by atoms with E-state index in [4.69, 9.17) is 0 Å². The van der Waals surface area contributed by atoms with Gasteiger partial charge in [-0.2, -0.15) is 0 Å². The molecule has 0 saturated carbocycles. The van der Waals surface area contributed by atoms with Crippen LogP contribution in [0.5, 0.6) is 0 Å². The van der Waals surface area contributed by atoms with E-state index in [0.29, 0.717) is 0 Å². The number of alkyl halides is 1. The minimum Gasteiger partial charge on any atom is -0.236 e. The Morgan fingerprint density at radius 1 is 1.12 bits per heavy atom. The van der Waals surface area contributed by atoms with Gasteiger partial charge in [0.15, 0.2) is 0 Å². The third-order valence-corrected chi connectivity index (χ3v) is 3.93. The van der Waals surface area contributed by atoms with Gasteiger partial charge in [-0.15, -0.1) is 11.8 Å². The van der Waals surface area contributed by atoms with Gasteiger partial charge in [0.2, 0.25) is 0 Å². The molecule has 0 atom stereocenters. The first kappa shape index (κ1) is 11.9. The van der Waals surface area contributed by atoms with Gasteiger partial charge in [-0.25, -0.2) is 9.97 Å². The van der Waals surface area contributed by atoms with E-state index >= 15 is 0 Å². The minimum atomic E-state index is 1.03. The predicted molar refractivity (Wildman–Crippen MR) is 73.3 cm³/mol. The molecule has 2 aromatic rings. The van der Waals surface area contributed by atoms with Gasteiger partial charge in [-0.1, -0.05) is 34.1 Å². The minimum absolute atomic E-state index is 1.03. The van der Waals surface area contributed by atoms with E-state index in [0.717, 1.165) is 27.0 Å². The van der Waals surface area contributed by atoms with E-state index < -0.39 is 0 Å². The van der Waals surface area contributed by atoms with Crippen LogP contribution in [0.4, 0.5) is 0 Å². The normalized spacial score (nSPS) is 10.8. The molecule has 16 heavy (non-hydrogen) atoms. The summed E-state index contributed by atoms with van der Waals surface area (Å²) in [6.45, 7) is 0. The molecule has 0 fully saturated rings. The van der Waals surface area contributed by atoms with Crippen molar-refractivity contribution in [1.29, 1.82) is 0 Å². The summed E-state index contributed by atoms with van der Waals surface area (Å²) in [6.07, 6.45) is 4.08. The van der Waals surface area contributed by atoms with Crippen LogP contribution in [-0.4, -0.2) is 21.1 Å². The van der Waals surface area contributed by atoms with E-state index in [-0.39, 0.29) is 0 Å². The summed E-state index contributed by atoms with van der Waals surface area (Å²) in [5.74, 6) is 1.12. The first-order valence-corrected chi connectivity index (χ1v) is 7.41. The van der Waals surface area contributed by atoms with Crippen LogP contribution in [0.2, 0.25) is 0 Å². The third kappa shape index (κ3) is 2.95. The molecule has 1 heterocycles. The van der Waals surface area contributed by atoms with Crippen molar-refractivity contribution in [1.82, 2.24) is 9.97 Å². The van der Waals surface area contributed by atoms with Crippen LogP contribution in [0.25, 0.3) is 10.9 Å². The fourth-order valence-electron chi connectivity index (χ4n) is 1.46. The molecular formula is C12H13BrN2S. The number of rotatable bonds is 5. The molecule has 0 bridgehead atoms. The number of hydrogen-bond acceptors (Lipinski definition) is 3. The van der Waals surface area contributed by atoms with Gasteiger partial charge in [0.1, 0.15) is 11.4 Å². The number of benzene rings is 1. The summed E-state index contributed by atoms with van der Waals surface area (Å²) in [5.41, 5.74) is 1.03. The highest BCUT2D eigenvalue weighted by Gasteiger charge is 2.02. The number of unbranched alkanes of at least 4 members (excludes halogenated alkanes) is 1. The second-order valence-corrected chi connectivity index (χ2v) is 5.32. The fraction of sp³-hybridized carbons (Fsp3) is 0.333. The van der Waals surface area contributed by atoms with Crippen LogP contribution in [0.1, 0.15) is 12.8 Å². The highest BCUT2D eigenvalue weighted by molar-refractivity contribution is 9.09. The maximum Gasteiger partial charge on any atom is 0.117 e. The molecular weight excluding hydrogens is 284 g/mol. The fourth-order valence-corrected chi connectivity index (χ4v) is 2.85. The lowest BCUT2D eigenvalue weighted by atomic mass is 10.2. The van der Waals surface area contributed by atoms with Crippen molar-refractivity contribution in [3.63, 3.8) is 0 Å². The Kier molecular flexibility index (Phi) is 4.60. The lowest BCUT2D eigenvalue weighted by Crippen LogP contribution is -1.88. The summed E-state index contributed by atoms with van der Waals surface area (Å²) in [7, 11) is 0. The standard InChI is InChI=1S/C12H13BrN2S/c13-7-3-4-8-16-12-10-5-1-2-6-11(10)14-9-15-12/h1-2,5-6,9H,3-4,7-8H2. The zero-order chi connectivity index (χ0) is 11.2. The van der Waals surface area contributed by atoms with Gasteiger partial charge in [-0.05, 0) is 24.7 Å². The number of nitrogens with zero attached hydrogens (tertiary/aromatic N) is 2. The molecule has 0 aliphatic rings. The van der Waals surface area contributed by atoms with Crippen molar-refractivity contribution < 1.29 is 0 Å². The molecule has 1 aromatic heterocycles. The number of hydrogen-bond donors (Lipinski definition) is 0. The second kappa shape index (κ2) is 6.21. The van der Waals surface area contributed by atoms with Crippen molar-refractivity contribution >= 4 is 38.6 Å². The van der Waals surface area contributed by atoms with E-state index in [1.165, 1.54) is 12.8 Å². The second-order valence-electron chi connectivity index (χ2n) is 3.44. The topological polar surface area (TPSA) is 25.8 Å². The Balaban J connectivity index is 2.11. The van der Waals surface area contributed by atoms with Gasteiger partial charge >= 0.3 is 0 Å². The molecule has 4 heteroatoms. The first-order chi connectivity index (χ1) is 7.92. The van der Waals surface area contributed by atoms with Crippen LogP contribution >= 0.6 is 27.7 Å². The predicted octanol–water partition coefficient (Wildman–Crippen LogP) is 3.90. The van der Waals surface area contributed by atoms with Crippen LogP contribution in [0, 0.1) is 0 Å². The van der Waals surface area contributed by atoms with E-state index in [1.807, 2.05) is 30.0 Å². The molecule has 0 unspecified atom stereocenters. The summed E-state index contributed by atoms with van der Waals surface area (Å²) < 4.78 is 0. The smallest absolute Gasteiger partial charge is 0.117 e. The van der Waals surface area contributed by atoms with Crippen LogP contribution in [-0.2, 0) is 0 Å². The SMILES string of the molecule is BrCCCCSc1ncnc2ccccc12. The number of aromatic nitrogens is 2. The average Bonchev–Trinajstić information content (AvgIpc) is 2.35. The largest absolute Gasteiger partial charge is 0.236 e. The molecule has 0 spiro atoms. The zero-order valence-corrected chi connectivity index (χ0v) is 11.3. The zero-order valence-electron chi connectivity index (χ0n) is 8.90. The molecule has 0 saturated heterocycles. The summed E-state index contributed by atoms with van der Waals surface area (Å²) >= 11 is 5.26. The highest BCUT2D eigenvalue weighted by atomic mass is 79.9. The van der Waals surface area contributed by atoms with Crippen molar-refractivity contribution in [2.75, 3.05) is 11.1 Å². The van der Waals surface area contributed by atoms with Crippen LogP contribution in [0.3, 0.4) is 0 Å². The Morgan fingerprint density at radius 3 is 2.88 bits per heavy atom. The number of para-hydroxylation sites is 1. The molecule has 0 aliphatic carbocycles. The van der Waals surface area contributed by atoms with Gasteiger partial charge in [0.05, 0.1) is 5.52 Å². The van der Waals surface area contributed by atoms with Gasteiger partial charge in [0.25, 0.3) is 0 Å². The molecule has 84 valence electrons. The molecule has 2 nitrogen and oxygen atoms in total. The quantitative estimate of drug-likeness (QED) is 0.362. The first-order valence-electron chi connectivity index (χ1n) is 5.30. The Morgan fingerprint density at radius 2 is 2.00 bits per heavy atom. The monoisotopic (exact) mass is 296 g/mol. The molecule has 0 radical (unpaired) electrons. The van der Waals surface area contributed by atoms with Crippen LogP contribution in [0.15, 0.2) is 35.6 Å². The third-order valence-electron chi connectivity index (χ3n) is 2.27. The maximum atomic E-state index is 4.34. The summed E-state index contributed by atoms with van der Waals surface area (Å²) in [4.78, 5) is 8.60. The Hall–Kier alpha value is -0.610. The maximum absolute atomic E-state index is 4.34. The molecule has 2 rings (SSSR count). The van der Waals surface area contributed by atoms with E-state index in [2.05, 4.69) is 32.0 Å². The van der Waals surface area contributed by atoms with Crippen molar-refractivity contribution in [2.24, 2.45) is 0 Å². The molecule has 0 aliphatic heterocycles. The Labute approximate surface area is 108 Å². The molecule has 0 N–H and O–H groups in total. The van der Waals surface area contributed by atoms with Gasteiger partial charge in [-0.3, -0.25) is 0 Å². The van der Waals surface area contributed by atoms with Crippen molar-refractivity contribution in [3.8, 4) is 0 Å². The van der Waals surface area contributed by atoms with Crippen molar-refractivity contribution in [3.05, 3.63) is 30.6 Å². The van der Waals surface area contributed by atoms with Crippen LogP contribution < -0.4 is 0 Å². The molecule has 0 amide bonds. The highest BCUT2D eigenvalue weighted by Crippen LogP contribution is 2.24. The van der Waals surface area contributed by atoms with E-state index in [9.17, 15) is 0 Å².